The van der Waals surface area contributed by atoms with Crippen LogP contribution in [0.4, 0.5) is 0 Å². The number of hydrogen-bond acceptors (Lipinski definition) is 9. The van der Waals surface area contributed by atoms with E-state index < -0.39 is 0 Å². The Balaban J connectivity index is 1.90. The summed E-state index contributed by atoms with van der Waals surface area (Å²) >= 11 is 1.54. The normalized spacial score (nSPS) is 15.9. The third-order valence-electron chi connectivity index (χ3n) is 4.69. The highest BCUT2D eigenvalue weighted by molar-refractivity contribution is 7.99. The fraction of sp³-hybridized carbons (Fsp3) is 0.550. The van der Waals surface area contributed by atoms with Crippen molar-refractivity contribution in [1.82, 2.24) is 25.5 Å². The highest BCUT2D eigenvalue weighted by atomic mass is 32.2. The Hall–Kier alpha value is -2.46. The van der Waals surface area contributed by atoms with Crippen LogP contribution >= 0.6 is 11.8 Å². The van der Waals surface area contributed by atoms with E-state index in [1.807, 2.05) is 12.1 Å². The Morgan fingerprint density at radius 3 is 2.37 bits per heavy atom. The summed E-state index contributed by atoms with van der Waals surface area (Å²) in [7, 11) is 1.80. The fourth-order valence-electron chi connectivity index (χ4n) is 2.91. The summed E-state index contributed by atoms with van der Waals surface area (Å²) in [6.45, 7) is 7.84. The number of aromatic nitrogens is 4. The maximum atomic E-state index is 12.2. The molecule has 1 atom stereocenters. The topological polar surface area (TPSA) is 108 Å². The molecule has 3 rings (SSSR count). The van der Waals surface area contributed by atoms with E-state index in [0.717, 1.165) is 29.2 Å². The highest BCUT2D eigenvalue weighted by Gasteiger charge is 2.26. The van der Waals surface area contributed by atoms with Crippen molar-refractivity contribution in [1.29, 1.82) is 0 Å². The van der Waals surface area contributed by atoms with Gasteiger partial charge in [-0.1, -0.05) is 39.5 Å². The summed E-state index contributed by atoms with van der Waals surface area (Å²) in [5.74, 6) is -0.0933. The number of nitrogens with one attached hydrogen (secondary N) is 1. The molecule has 1 aliphatic heterocycles. The Kier molecular flexibility index (Phi) is 7.09. The van der Waals surface area contributed by atoms with Crippen LogP contribution in [0.25, 0.3) is 0 Å². The summed E-state index contributed by atoms with van der Waals surface area (Å²) in [5, 5.41) is 15.7. The van der Waals surface area contributed by atoms with Gasteiger partial charge in [-0.05, 0) is 46.7 Å². The van der Waals surface area contributed by atoms with Crippen molar-refractivity contribution in [2.24, 2.45) is 18.9 Å². The number of aryl methyl sites for hydroxylation is 1. The van der Waals surface area contributed by atoms with Gasteiger partial charge >= 0.3 is 11.9 Å². The van der Waals surface area contributed by atoms with E-state index in [-0.39, 0.29) is 41.3 Å². The van der Waals surface area contributed by atoms with Crippen LogP contribution in [-0.2, 0) is 23.1 Å². The fourth-order valence-corrected chi connectivity index (χ4v) is 3.84. The van der Waals surface area contributed by atoms with E-state index in [1.54, 1.807) is 39.4 Å². The standard InChI is InChI=1S/C20H27N5O4S/c1-11(2)18(26)28-16-8-13-6-7-21-15(10-30-20-22-23-24-25(20)5)14(13)9-17(16)29-19(27)12(3)4/h8-9,11-12,15,21H,6-7,10H2,1-5H3. The molecule has 0 spiro atoms. The first-order valence-electron chi connectivity index (χ1n) is 9.95. The molecule has 0 amide bonds. The monoisotopic (exact) mass is 433 g/mol. The molecule has 0 aliphatic carbocycles. The molecular formula is C20H27N5O4S. The Bertz CT molecular complexity index is 928. The minimum absolute atomic E-state index is 0.0156. The molecule has 0 saturated heterocycles. The molecule has 10 heteroatoms. The number of hydrogen-bond donors (Lipinski definition) is 1. The summed E-state index contributed by atoms with van der Waals surface area (Å²) in [5.41, 5.74) is 2.08. The van der Waals surface area contributed by atoms with Gasteiger partial charge in [-0.3, -0.25) is 9.59 Å². The summed E-state index contributed by atoms with van der Waals surface area (Å²) in [4.78, 5) is 24.4. The predicted octanol–water partition coefficient (Wildman–Crippen LogP) is 2.31. The third-order valence-corrected chi connectivity index (χ3v) is 5.79. The molecule has 2 aromatic rings. The number of esters is 2. The molecule has 162 valence electrons. The van der Waals surface area contributed by atoms with Crippen molar-refractivity contribution in [3.63, 3.8) is 0 Å². The van der Waals surface area contributed by atoms with Gasteiger partial charge in [0, 0.05) is 18.8 Å². The summed E-state index contributed by atoms with van der Waals surface area (Å²) < 4.78 is 12.8. The van der Waals surface area contributed by atoms with Crippen molar-refractivity contribution >= 4 is 23.7 Å². The van der Waals surface area contributed by atoms with Gasteiger partial charge in [-0.2, -0.15) is 0 Å². The molecule has 1 N–H and O–H groups in total. The van der Waals surface area contributed by atoms with Gasteiger partial charge in [-0.25, -0.2) is 4.68 Å². The molecule has 2 heterocycles. The van der Waals surface area contributed by atoms with Crippen LogP contribution in [0, 0.1) is 11.8 Å². The smallest absolute Gasteiger partial charge is 0.313 e. The maximum Gasteiger partial charge on any atom is 0.313 e. The van der Waals surface area contributed by atoms with Crippen molar-refractivity contribution in [3.8, 4) is 11.5 Å². The average molecular weight is 434 g/mol. The third kappa shape index (κ3) is 5.17. The molecule has 0 saturated carbocycles. The number of rotatable bonds is 7. The van der Waals surface area contributed by atoms with Crippen molar-refractivity contribution in [2.45, 2.75) is 45.3 Å². The van der Waals surface area contributed by atoms with Gasteiger partial charge in [0.2, 0.25) is 5.16 Å². The summed E-state index contributed by atoms with van der Waals surface area (Å²) in [6, 6.07) is 3.65. The quantitative estimate of drug-likeness (QED) is 0.400. The number of carbonyl (C=O) groups excluding carboxylic acids is 2. The molecule has 0 bridgehead atoms. The number of thioether (sulfide) groups is 1. The Labute approximate surface area is 179 Å². The first kappa shape index (κ1) is 22.2. The van der Waals surface area contributed by atoms with E-state index in [1.165, 1.54) is 11.8 Å². The van der Waals surface area contributed by atoms with Crippen LogP contribution in [0.1, 0.15) is 44.9 Å². The first-order valence-corrected chi connectivity index (χ1v) is 10.9. The second-order valence-electron chi connectivity index (χ2n) is 7.80. The van der Waals surface area contributed by atoms with Crippen LogP contribution in [0.15, 0.2) is 17.3 Å². The minimum Gasteiger partial charge on any atom is -0.422 e. The maximum absolute atomic E-state index is 12.2. The number of fused-ring (bicyclic) bond motifs is 1. The lowest BCUT2D eigenvalue weighted by molar-refractivity contribution is -0.140. The molecule has 1 unspecified atom stereocenters. The second-order valence-corrected chi connectivity index (χ2v) is 8.79. The molecule has 1 aromatic heterocycles. The van der Waals surface area contributed by atoms with Gasteiger partial charge in [0.05, 0.1) is 11.8 Å². The number of ether oxygens (including phenoxy) is 2. The lowest BCUT2D eigenvalue weighted by Crippen LogP contribution is -2.31. The zero-order valence-electron chi connectivity index (χ0n) is 17.8. The van der Waals surface area contributed by atoms with Crippen LogP contribution in [0.2, 0.25) is 0 Å². The van der Waals surface area contributed by atoms with Crippen LogP contribution < -0.4 is 14.8 Å². The lowest BCUT2D eigenvalue weighted by atomic mass is 9.94. The number of benzene rings is 1. The number of carbonyl (C=O) groups is 2. The number of nitrogens with zero attached hydrogens (tertiary/aromatic N) is 4. The van der Waals surface area contributed by atoms with E-state index in [0.29, 0.717) is 5.75 Å². The molecule has 0 radical (unpaired) electrons. The van der Waals surface area contributed by atoms with Gasteiger partial charge in [-0.15, -0.1) is 5.10 Å². The first-order chi connectivity index (χ1) is 14.3. The van der Waals surface area contributed by atoms with Crippen LogP contribution in [0.3, 0.4) is 0 Å². The minimum atomic E-state index is -0.378. The molecular weight excluding hydrogens is 406 g/mol. The zero-order chi connectivity index (χ0) is 21.8. The van der Waals surface area contributed by atoms with E-state index in [4.69, 9.17) is 9.47 Å². The van der Waals surface area contributed by atoms with Gasteiger partial charge in [0.25, 0.3) is 0 Å². The molecule has 0 fully saturated rings. The molecule has 1 aliphatic rings. The second kappa shape index (κ2) is 9.57. The molecule has 1 aromatic carbocycles. The van der Waals surface area contributed by atoms with Crippen molar-refractivity contribution < 1.29 is 19.1 Å². The molecule has 30 heavy (non-hydrogen) atoms. The largest absolute Gasteiger partial charge is 0.422 e. The van der Waals surface area contributed by atoms with E-state index in [9.17, 15) is 9.59 Å². The SMILES string of the molecule is CC(C)C(=O)Oc1cc2c(cc1OC(=O)C(C)C)C(CSc1nnnn1C)NCC2. The summed E-state index contributed by atoms with van der Waals surface area (Å²) in [6.07, 6.45) is 0.784. The average Bonchev–Trinajstić information content (AvgIpc) is 3.11. The zero-order valence-corrected chi connectivity index (χ0v) is 18.7. The van der Waals surface area contributed by atoms with Crippen molar-refractivity contribution in [2.75, 3.05) is 12.3 Å². The van der Waals surface area contributed by atoms with E-state index in [2.05, 4.69) is 20.8 Å². The van der Waals surface area contributed by atoms with Gasteiger partial charge in [0.15, 0.2) is 11.5 Å². The van der Waals surface area contributed by atoms with Crippen LogP contribution in [-0.4, -0.2) is 44.4 Å². The van der Waals surface area contributed by atoms with Gasteiger partial charge < -0.3 is 14.8 Å². The number of tetrazole rings is 1. The Morgan fingerprint density at radius 2 is 1.80 bits per heavy atom. The molecule has 9 nitrogen and oxygen atoms in total. The lowest BCUT2D eigenvalue weighted by Gasteiger charge is -2.28. The van der Waals surface area contributed by atoms with E-state index >= 15 is 0 Å². The highest BCUT2D eigenvalue weighted by Crippen LogP contribution is 2.37. The Morgan fingerprint density at radius 1 is 1.17 bits per heavy atom. The van der Waals surface area contributed by atoms with Gasteiger partial charge in [0.1, 0.15) is 0 Å². The van der Waals surface area contributed by atoms with Crippen LogP contribution in [0.5, 0.6) is 11.5 Å². The predicted molar refractivity (Wildman–Crippen MR) is 111 cm³/mol. The van der Waals surface area contributed by atoms with Crippen molar-refractivity contribution in [3.05, 3.63) is 23.3 Å².